The molecule has 0 N–H and O–H groups in total. The number of aliphatic imine (C=N–C) groups is 1. The average molecular weight is 415 g/mol. The second-order valence-corrected chi connectivity index (χ2v) is 9.01. The van der Waals surface area contributed by atoms with Crippen LogP contribution in [-0.4, -0.2) is 89.1 Å². The molecule has 0 amide bonds. The van der Waals surface area contributed by atoms with E-state index in [-0.39, 0.29) is 6.17 Å². The van der Waals surface area contributed by atoms with Gasteiger partial charge in [-0.1, -0.05) is 22.9 Å². The van der Waals surface area contributed by atoms with Gasteiger partial charge in [-0.25, -0.2) is 4.99 Å². The molecule has 2 saturated heterocycles. The van der Waals surface area contributed by atoms with E-state index in [0.29, 0.717) is 6.04 Å². The first-order chi connectivity index (χ1) is 15.2. The molecule has 0 spiro atoms. The fraction of sp³-hybridized carbons (Fsp3) is 0.417. The zero-order chi connectivity index (χ0) is 20.9. The molecule has 1 aromatic heterocycles. The van der Waals surface area contributed by atoms with Gasteiger partial charge in [-0.05, 0) is 36.8 Å². The number of para-hydroxylation sites is 1. The SMILES string of the molecule is Cc1cc(C2=CN=[N+]3C=C(N4CC(N5CCN(C)CC5)C4)C=NC23)c2ccccc2n1. The molecule has 1 atom stereocenters. The number of azo groups is 2. The second kappa shape index (κ2) is 7.35. The lowest BCUT2D eigenvalue weighted by Gasteiger charge is -2.48. The maximum absolute atomic E-state index is 4.91. The number of pyridine rings is 1. The van der Waals surface area contributed by atoms with Crippen molar-refractivity contribution < 1.29 is 4.70 Å². The second-order valence-electron chi connectivity index (χ2n) is 9.01. The number of likely N-dealkylation sites (N-methyl/N-ethyl adjacent to an activating group) is 1. The molecule has 7 nitrogen and oxygen atoms in total. The van der Waals surface area contributed by atoms with Crippen LogP contribution < -0.4 is 0 Å². The van der Waals surface area contributed by atoms with Crippen molar-refractivity contribution in [2.45, 2.75) is 19.1 Å². The van der Waals surface area contributed by atoms with E-state index in [9.17, 15) is 0 Å². The highest BCUT2D eigenvalue weighted by Crippen LogP contribution is 2.34. The Morgan fingerprint density at radius 3 is 2.71 bits per heavy atom. The number of piperazine rings is 1. The van der Waals surface area contributed by atoms with Crippen molar-refractivity contribution in [3.05, 3.63) is 59.7 Å². The number of likely N-dealkylation sites (tertiary alicyclic amines) is 1. The molecule has 4 aliphatic rings. The molecule has 158 valence electrons. The Hall–Kier alpha value is -2.90. The molecule has 4 aliphatic heterocycles. The van der Waals surface area contributed by atoms with Crippen molar-refractivity contribution in [1.29, 1.82) is 0 Å². The van der Waals surface area contributed by atoms with E-state index < -0.39 is 0 Å². The van der Waals surface area contributed by atoms with Crippen LogP contribution in [0, 0.1) is 6.92 Å². The highest BCUT2D eigenvalue weighted by Gasteiger charge is 2.39. The van der Waals surface area contributed by atoms with E-state index in [1.54, 1.807) is 0 Å². The van der Waals surface area contributed by atoms with Gasteiger partial charge in [0.1, 0.15) is 11.9 Å². The average Bonchev–Trinajstić information content (AvgIpc) is 3.16. The lowest BCUT2D eigenvalue weighted by Crippen LogP contribution is -2.62. The normalized spacial score (nSPS) is 24.6. The number of fused-ring (bicyclic) bond motifs is 2. The van der Waals surface area contributed by atoms with Crippen molar-refractivity contribution in [3.8, 4) is 0 Å². The third-order valence-electron chi connectivity index (χ3n) is 6.91. The molecule has 31 heavy (non-hydrogen) atoms. The van der Waals surface area contributed by atoms with Crippen molar-refractivity contribution in [2.75, 3.05) is 46.3 Å². The van der Waals surface area contributed by atoms with E-state index in [1.807, 2.05) is 30.1 Å². The summed E-state index contributed by atoms with van der Waals surface area (Å²) in [6, 6.07) is 11.1. The number of hydrogen-bond donors (Lipinski definition) is 0. The molecule has 7 heteroatoms. The monoisotopic (exact) mass is 414 g/mol. The number of nitrogens with zero attached hydrogens (tertiary/aromatic N) is 7. The van der Waals surface area contributed by atoms with Crippen LogP contribution in [0.15, 0.2) is 58.5 Å². The Morgan fingerprint density at radius 2 is 1.87 bits per heavy atom. The van der Waals surface area contributed by atoms with Crippen molar-refractivity contribution in [1.82, 2.24) is 19.7 Å². The maximum atomic E-state index is 4.91. The van der Waals surface area contributed by atoms with Crippen LogP contribution in [0.5, 0.6) is 0 Å². The molecule has 1 unspecified atom stereocenters. The topological polar surface area (TPSA) is 50.3 Å². The summed E-state index contributed by atoms with van der Waals surface area (Å²) < 4.78 is 2.00. The summed E-state index contributed by atoms with van der Waals surface area (Å²) in [4.78, 5) is 17.1. The van der Waals surface area contributed by atoms with Gasteiger partial charge in [0.05, 0.1) is 17.3 Å². The Labute approximate surface area is 182 Å². The maximum Gasteiger partial charge on any atom is 0.305 e. The minimum Gasteiger partial charge on any atom is -0.362 e. The molecule has 0 radical (unpaired) electrons. The van der Waals surface area contributed by atoms with Crippen LogP contribution in [-0.2, 0) is 0 Å². The fourth-order valence-electron chi connectivity index (χ4n) is 4.97. The Kier molecular flexibility index (Phi) is 4.47. The van der Waals surface area contributed by atoms with E-state index in [1.165, 1.54) is 31.7 Å². The first kappa shape index (κ1) is 18.8. The predicted octanol–water partition coefficient (Wildman–Crippen LogP) is 2.55. The summed E-state index contributed by atoms with van der Waals surface area (Å²) in [5, 5.41) is 5.83. The van der Waals surface area contributed by atoms with E-state index in [0.717, 1.165) is 41.0 Å². The minimum absolute atomic E-state index is 0.0938. The Morgan fingerprint density at radius 1 is 1.06 bits per heavy atom. The lowest BCUT2D eigenvalue weighted by atomic mass is 9.98. The van der Waals surface area contributed by atoms with Crippen LogP contribution >= 0.6 is 0 Å². The molecule has 2 aromatic rings. The number of hydrogen-bond acceptors (Lipinski definition) is 6. The van der Waals surface area contributed by atoms with Gasteiger partial charge in [-0.2, -0.15) is 0 Å². The van der Waals surface area contributed by atoms with E-state index in [4.69, 9.17) is 4.99 Å². The Bertz CT molecular complexity index is 1150. The molecule has 0 aliphatic carbocycles. The Balaban J connectivity index is 1.17. The van der Waals surface area contributed by atoms with Gasteiger partial charge in [0.15, 0.2) is 0 Å². The molecule has 6 rings (SSSR count). The largest absolute Gasteiger partial charge is 0.362 e. The molecule has 0 bridgehead atoms. The smallest absolute Gasteiger partial charge is 0.305 e. The quantitative estimate of drug-likeness (QED) is 0.725. The van der Waals surface area contributed by atoms with Crippen molar-refractivity contribution in [3.63, 3.8) is 0 Å². The summed E-state index contributed by atoms with van der Waals surface area (Å²) in [6.45, 7) is 8.90. The van der Waals surface area contributed by atoms with Gasteiger partial charge in [0, 0.05) is 56.4 Å². The lowest BCUT2D eigenvalue weighted by molar-refractivity contribution is -0.543. The fourth-order valence-corrected chi connectivity index (χ4v) is 4.97. The van der Waals surface area contributed by atoms with Crippen LogP contribution in [0.4, 0.5) is 0 Å². The molecule has 1 aromatic carbocycles. The third-order valence-corrected chi connectivity index (χ3v) is 6.91. The number of rotatable bonds is 3. The molecule has 2 fully saturated rings. The minimum atomic E-state index is -0.0938. The highest BCUT2D eigenvalue weighted by molar-refractivity contribution is 5.93. The highest BCUT2D eigenvalue weighted by atomic mass is 15.4. The van der Waals surface area contributed by atoms with E-state index in [2.05, 4.69) is 62.3 Å². The van der Waals surface area contributed by atoms with Gasteiger partial charge < -0.3 is 9.80 Å². The van der Waals surface area contributed by atoms with Crippen LogP contribution in [0.3, 0.4) is 0 Å². The summed E-state index contributed by atoms with van der Waals surface area (Å²) >= 11 is 0. The standard InChI is InChI=1S/C24H28N7/c1-17-11-21(20-5-3-4-6-23(20)27-17)22-13-26-31-16-18(12-25-24(22)31)30-14-19(15-30)29-9-7-28(2)8-10-29/h3-6,11-13,16,19,24H,7-10,14-15H2,1-2H3/q+1. The van der Waals surface area contributed by atoms with Gasteiger partial charge in [0.2, 0.25) is 6.20 Å². The van der Waals surface area contributed by atoms with Crippen molar-refractivity contribution in [2.24, 2.45) is 10.1 Å². The number of aryl methyl sites for hydroxylation is 1. The number of aromatic nitrogens is 1. The van der Waals surface area contributed by atoms with Crippen LogP contribution in [0.2, 0.25) is 0 Å². The molecular formula is C24H28N7+. The molecule has 0 saturated carbocycles. The molecular weight excluding hydrogens is 386 g/mol. The first-order valence-corrected chi connectivity index (χ1v) is 11.1. The van der Waals surface area contributed by atoms with Gasteiger partial charge in [0.25, 0.3) is 0 Å². The van der Waals surface area contributed by atoms with E-state index >= 15 is 0 Å². The predicted molar refractivity (Wildman–Crippen MR) is 122 cm³/mol. The van der Waals surface area contributed by atoms with Gasteiger partial charge in [-0.3, -0.25) is 9.88 Å². The summed E-state index contributed by atoms with van der Waals surface area (Å²) in [7, 11) is 2.21. The molecule has 5 heterocycles. The van der Waals surface area contributed by atoms with Crippen LogP contribution in [0.1, 0.15) is 11.3 Å². The number of benzene rings is 1. The van der Waals surface area contributed by atoms with Gasteiger partial charge >= 0.3 is 6.17 Å². The first-order valence-electron chi connectivity index (χ1n) is 11.1. The zero-order valence-electron chi connectivity index (χ0n) is 18.1. The zero-order valence-corrected chi connectivity index (χ0v) is 18.1. The van der Waals surface area contributed by atoms with Crippen LogP contribution in [0.25, 0.3) is 16.5 Å². The van der Waals surface area contributed by atoms with Gasteiger partial charge in [-0.15, -0.1) is 0 Å². The third kappa shape index (κ3) is 3.28. The number of allylic oxidation sites excluding steroid dienone is 1. The summed E-state index contributed by atoms with van der Waals surface area (Å²) in [6.07, 6.45) is 6.05. The van der Waals surface area contributed by atoms with Crippen molar-refractivity contribution >= 4 is 22.7 Å². The summed E-state index contributed by atoms with van der Waals surface area (Å²) in [5.41, 5.74) is 5.50. The summed E-state index contributed by atoms with van der Waals surface area (Å²) in [5.74, 6) is 0.